The van der Waals surface area contributed by atoms with Crippen LogP contribution in [0.5, 0.6) is 5.75 Å². The summed E-state index contributed by atoms with van der Waals surface area (Å²) in [6.45, 7) is 8.89. The summed E-state index contributed by atoms with van der Waals surface area (Å²) < 4.78 is 32.4. The van der Waals surface area contributed by atoms with E-state index in [1.54, 1.807) is 13.8 Å². The van der Waals surface area contributed by atoms with Gasteiger partial charge in [0.1, 0.15) is 0 Å². The van der Waals surface area contributed by atoms with Gasteiger partial charge in [-0.2, -0.15) is 0 Å². The first-order chi connectivity index (χ1) is 8.40. The molecule has 18 heavy (non-hydrogen) atoms. The van der Waals surface area contributed by atoms with Gasteiger partial charge in [0.15, 0.2) is 17.4 Å². The number of nitrogens with one attached hydrogen (secondary N) is 1. The lowest BCUT2D eigenvalue weighted by Crippen LogP contribution is -2.19. The van der Waals surface area contributed by atoms with Gasteiger partial charge in [0, 0.05) is 6.54 Å². The fourth-order valence-electron chi connectivity index (χ4n) is 1.57. The zero-order valence-electron chi connectivity index (χ0n) is 11.4. The Balaban J connectivity index is 2.73. The topological polar surface area (TPSA) is 21.3 Å². The molecule has 0 spiro atoms. The van der Waals surface area contributed by atoms with Crippen LogP contribution in [0.4, 0.5) is 8.78 Å². The van der Waals surface area contributed by atoms with Gasteiger partial charge in [-0.15, -0.1) is 0 Å². The van der Waals surface area contributed by atoms with Crippen molar-refractivity contribution in [2.75, 3.05) is 6.54 Å². The normalized spacial score (nSPS) is 11.3. The standard InChI is InChI=1S/C14H21F2NO/c1-9(2)7-17-8-11-5-12(15)14(13(16)6-11)18-10(3)4/h5-6,9-10,17H,7-8H2,1-4H3. The molecule has 0 amide bonds. The predicted octanol–water partition coefficient (Wildman–Crippen LogP) is 3.50. The van der Waals surface area contributed by atoms with E-state index in [1.165, 1.54) is 12.1 Å². The molecule has 0 aromatic heterocycles. The number of ether oxygens (including phenoxy) is 1. The first kappa shape index (κ1) is 14.9. The van der Waals surface area contributed by atoms with E-state index in [0.717, 1.165) is 6.54 Å². The maximum atomic E-state index is 13.7. The van der Waals surface area contributed by atoms with Gasteiger partial charge in [0.05, 0.1) is 6.10 Å². The van der Waals surface area contributed by atoms with Crippen LogP contribution in [-0.2, 0) is 6.54 Å². The quantitative estimate of drug-likeness (QED) is 0.842. The summed E-state index contributed by atoms with van der Waals surface area (Å²) in [5, 5.41) is 3.14. The minimum absolute atomic E-state index is 0.251. The molecule has 0 heterocycles. The van der Waals surface area contributed by atoms with E-state index in [1.807, 2.05) is 0 Å². The molecular weight excluding hydrogens is 236 g/mol. The van der Waals surface area contributed by atoms with Crippen LogP contribution in [-0.4, -0.2) is 12.6 Å². The second kappa shape index (κ2) is 6.69. The van der Waals surface area contributed by atoms with Crippen molar-refractivity contribution in [1.29, 1.82) is 0 Å². The van der Waals surface area contributed by atoms with Crippen LogP contribution in [0.1, 0.15) is 33.3 Å². The van der Waals surface area contributed by atoms with Crippen molar-refractivity contribution < 1.29 is 13.5 Å². The average Bonchev–Trinajstić information content (AvgIpc) is 2.22. The molecule has 0 bridgehead atoms. The zero-order chi connectivity index (χ0) is 13.7. The number of benzene rings is 1. The van der Waals surface area contributed by atoms with Crippen molar-refractivity contribution in [3.8, 4) is 5.75 Å². The summed E-state index contributed by atoms with van der Waals surface area (Å²) in [6.07, 6.45) is -0.251. The predicted molar refractivity (Wildman–Crippen MR) is 68.7 cm³/mol. The fraction of sp³-hybridized carbons (Fsp3) is 0.571. The molecule has 1 N–H and O–H groups in total. The molecule has 0 aliphatic rings. The Kier molecular flexibility index (Phi) is 5.54. The fourth-order valence-corrected chi connectivity index (χ4v) is 1.57. The van der Waals surface area contributed by atoms with Gasteiger partial charge in [0.25, 0.3) is 0 Å². The van der Waals surface area contributed by atoms with Gasteiger partial charge in [-0.3, -0.25) is 0 Å². The molecule has 0 atom stereocenters. The summed E-state index contributed by atoms with van der Waals surface area (Å²) in [5.41, 5.74) is 0.585. The molecule has 1 aromatic carbocycles. The highest BCUT2D eigenvalue weighted by atomic mass is 19.1. The molecule has 1 aromatic rings. The Bertz CT molecular complexity index is 368. The molecule has 0 radical (unpaired) electrons. The second-order valence-electron chi connectivity index (χ2n) is 5.08. The third kappa shape index (κ3) is 4.61. The monoisotopic (exact) mass is 257 g/mol. The number of hydrogen-bond acceptors (Lipinski definition) is 2. The SMILES string of the molecule is CC(C)CNCc1cc(F)c(OC(C)C)c(F)c1. The Hall–Kier alpha value is -1.16. The summed E-state index contributed by atoms with van der Waals surface area (Å²) >= 11 is 0. The molecule has 4 heteroatoms. The maximum absolute atomic E-state index is 13.7. The van der Waals surface area contributed by atoms with E-state index in [9.17, 15) is 8.78 Å². The van der Waals surface area contributed by atoms with Crippen LogP contribution in [0.15, 0.2) is 12.1 Å². The lowest BCUT2D eigenvalue weighted by Gasteiger charge is -2.13. The molecule has 0 saturated heterocycles. The van der Waals surface area contributed by atoms with Gasteiger partial charge < -0.3 is 10.1 Å². The smallest absolute Gasteiger partial charge is 0.191 e. The Morgan fingerprint density at radius 3 is 2.11 bits per heavy atom. The highest BCUT2D eigenvalue weighted by Crippen LogP contribution is 2.24. The highest BCUT2D eigenvalue weighted by molar-refractivity contribution is 5.31. The zero-order valence-corrected chi connectivity index (χ0v) is 11.4. The maximum Gasteiger partial charge on any atom is 0.191 e. The van der Waals surface area contributed by atoms with Crippen LogP contribution < -0.4 is 10.1 Å². The van der Waals surface area contributed by atoms with Gasteiger partial charge >= 0.3 is 0 Å². The first-order valence-corrected chi connectivity index (χ1v) is 6.25. The van der Waals surface area contributed by atoms with Gasteiger partial charge in [-0.25, -0.2) is 8.78 Å². The number of halogens is 2. The third-order valence-corrected chi connectivity index (χ3v) is 2.29. The molecule has 0 aliphatic heterocycles. The second-order valence-corrected chi connectivity index (χ2v) is 5.08. The Labute approximate surface area is 107 Å². The minimum atomic E-state index is -0.648. The Morgan fingerprint density at radius 1 is 1.11 bits per heavy atom. The van der Waals surface area contributed by atoms with E-state index >= 15 is 0 Å². The van der Waals surface area contributed by atoms with Crippen molar-refractivity contribution >= 4 is 0 Å². The average molecular weight is 257 g/mol. The summed E-state index contributed by atoms with van der Waals surface area (Å²) in [5.74, 6) is -1.09. The van der Waals surface area contributed by atoms with Gasteiger partial charge in [0.2, 0.25) is 0 Å². The van der Waals surface area contributed by atoms with Crippen LogP contribution in [0.3, 0.4) is 0 Å². The number of hydrogen-bond donors (Lipinski definition) is 1. The molecule has 1 rings (SSSR count). The number of rotatable bonds is 6. The van der Waals surface area contributed by atoms with E-state index < -0.39 is 11.6 Å². The summed E-state index contributed by atoms with van der Waals surface area (Å²) in [7, 11) is 0. The molecule has 0 aliphatic carbocycles. The molecule has 0 unspecified atom stereocenters. The van der Waals surface area contributed by atoms with E-state index in [4.69, 9.17) is 4.74 Å². The minimum Gasteiger partial charge on any atom is -0.485 e. The molecular formula is C14H21F2NO. The van der Waals surface area contributed by atoms with Crippen molar-refractivity contribution in [3.63, 3.8) is 0 Å². The lowest BCUT2D eigenvalue weighted by molar-refractivity contribution is 0.219. The van der Waals surface area contributed by atoms with Crippen molar-refractivity contribution in [2.45, 2.75) is 40.3 Å². The molecule has 0 saturated carbocycles. The lowest BCUT2D eigenvalue weighted by atomic mass is 10.1. The van der Waals surface area contributed by atoms with Crippen LogP contribution >= 0.6 is 0 Å². The van der Waals surface area contributed by atoms with Crippen molar-refractivity contribution in [3.05, 3.63) is 29.3 Å². The van der Waals surface area contributed by atoms with Gasteiger partial charge in [-0.05, 0) is 44.0 Å². The summed E-state index contributed by atoms with van der Waals surface area (Å²) in [4.78, 5) is 0. The van der Waals surface area contributed by atoms with Crippen LogP contribution in [0.2, 0.25) is 0 Å². The van der Waals surface area contributed by atoms with Crippen LogP contribution in [0.25, 0.3) is 0 Å². The van der Waals surface area contributed by atoms with Crippen LogP contribution in [0, 0.1) is 17.6 Å². The highest BCUT2D eigenvalue weighted by Gasteiger charge is 2.13. The molecule has 102 valence electrons. The van der Waals surface area contributed by atoms with E-state index in [2.05, 4.69) is 19.2 Å². The van der Waals surface area contributed by atoms with Crippen molar-refractivity contribution in [1.82, 2.24) is 5.32 Å². The van der Waals surface area contributed by atoms with Gasteiger partial charge in [-0.1, -0.05) is 13.8 Å². The first-order valence-electron chi connectivity index (χ1n) is 6.25. The van der Waals surface area contributed by atoms with E-state index in [0.29, 0.717) is 18.0 Å². The molecule has 2 nitrogen and oxygen atoms in total. The van der Waals surface area contributed by atoms with E-state index in [-0.39, 0.29) is 11.9 Å². The third-order valence-electron chi connectivity index (χ3n) is 2.29. The molecule has 0 fully saturated rings. The Morgan fingerprint density at radius 2 is 1.67 bits per heavy atom. The van der Waals surface area contributed by atoms with Crippen molar-refractivity contribution in [2.24, 2.45) is 5.92 Å². The summed E-state index contributed by atoms with van der Waals surface area (Å²) in [6, 6.07) is 2.63. The largest absolute Gasteiger partial charge is 0.485 e.